The Labute approximate surface area is 112 Å². The summed E-state index contributed by atoms with van der Waals surface area (Å²) < 4.78 is 26.7. The second-order valence-electron chi connectivity index (χ2n) is 4.02. The molecule has 0 fully saturated rings. The number of terminal acetylenes is 1. The Morgan fingerprint density at radius 1 is 1.58 bits per heavy atom. The summed E-state index contributed by atoms with van der Waals surface area (Å²) >= 11 is 0. The third-order valence-corrected chi connectivity index (χ3v) is 4.35. The van der Waals surface area contributed by atoms with Gasteiger partial charge in [0.2, 0.25) is 10.0 Å². The zero-order valence-corrected chi connectivity index (χ0v) is 11.6. The molecule has 0 aromatic carbocycles. The van der Waals surface area contributed by atoms with Crippen molar-refractivity contribution in [2.24, 2.45) is 0 Å². The Balaban J connectivity index is 3.26. The molecule has 1 rings (SSSR count). The van der Waals surface area contributed by atoms with Gasteiger partial charge in [0.1, 0.15) is 10.6 Å². The number of carboxylic acid groups (broad SMARTS) is 1. The van der Waals surface area contributed by atoms with E-state index in [1.54, 1.807) is 0 Å². The van der Waals surface area contributed by atoms with Gasteiger partial charge in [0.05, 0.1) is 6.54 Å². The second-order valence-corrected chi connectivity index (χ2v) is 6.07. The zero-order chi connectivity index (χ0) is 14.6. The van der Waals surface area contributed by atoms with E-state index in [1.165, 1.54) is 17.8 Å². The average molecular weight is 284 g/mol. The van der Waals surface area contributed by atoms with Gasteiger partial charge in [-0.3, -0.25) is 0 Å². The van der Waals surface area contributed by atoms with Crippen LogP contribution in [0.1, 0.15) is 23.8 Å². The van der Waals surface area contributed by atoms with Gasteiger partial charge in [0, 0.05) is 19.8 Å². The van der Waals surface area contributed by atoms with E-state index < -0.39 is 16.0 Å². The van der Waals surface area contributed by atoms with E-state index in [0.29, 0.717) is 13.0 Å². The highest BCUT2D eigenvalue weighted by molar-refractivity contribution is 7.89. The molecule has 1 N–H and O–H groups in total. The summed E-state index contributed by atoms with van der Waals surface area (Å²) in [6.45, 7) is 2.25. The number of nitrogens with zero attached hydrogens (tertiary/aromatic N) is 2. The van der Waals surface area contributed by atoms with E-state index in [9.17, 15) is 13.2 Å². The monoisotopic (exact) mass is 284 g/mol. The highest BCUT2D eigenvalue weighted by atomic mass is 32.2. The van der Waals surface area contributed by atoms with E-state index in [0.717, 1.165) is 10.4 Å². The molecule has 19 heavy (non-hydrogen) atoms. The second kappa shape index (κ2) is 5.91. The molecule has 0 aliphatic heterocycles. The Morgan fingerprint density at radius 3 is 2.68 bits per heavy atom. The molecule has 0 amide bonds. The summed E-state index contributed by atoms with van der Waals surface area (Å²) in [6.07, 6.45) is 7.11. The molecule has 0 bridgehead atoms. The summed E-state index contributed by atoms with van der Waals surface area (Å²) in [5, 5.41) is 9.05. The standard InChI is InChI=1S/C12H16N2O4S/c1-4-6-13(3)19(17,18)10-8-11(12(15)16)14(9-10)7-5-2/h1,8-9H,5-7H2,2-3H3,(H,15,16). The fourth-order valence-corrected chi connectivity index (χ4v) is 2.75. The summed E-state index contributed by atoms with van der Waals surface area (Å²) in [7, 11) is -2.39. The van der Waals surface area contributed by atoms with E-state index in [1.807, 2.05) is 6.92 Å². The van der Waals surface area contributed by atoms with Gasteiger partial charge >= 0.3 is 5.97 Å². The first-order chi connectivity index (χ1) is 8.84. The van der Waals surface area contributed by atoms with Crippen LogP contribution in [0.2, 0.25) is 0 Å². The SMILES string of the molecule is C#CCN(C)S(=O)(=O)c1cc(C(=O)O)n(CCC)c1. The van der Waals surface area contributed by atoms with Gasteiger partial charge in [-0.05, 0) is 12.5 Å². The number of sulfonamides is 1. The van der Waals surface area contributed by atoms with Crippen molar-refractivity contribution in [3.63, 3.8) is 0 Å². The summed E-state index contributed by atoms with van der Waals surface area (Å²) in [5.41, 5.74) is -0.0467. The quantitative estimate of drug-likeness (QED) is 0.785. The first-order valence-electron chi connectivity index (χ1n) is 5.67. The Bertz CT molecular complexity index is 610. The molecule has 1 aromatic rings. The Kier molecular flexibility index (Phi) is 4.75. The molecule has 7 heteroatoms. The van der Waals surface area contributed by atoms with Gasteiger partial charge in [0.15, 0.2) is 0 Å². The first-order valence-corrected chi connectivity index (χ1v) is 7.11. The predicted octanol–water partition coefficient (Wildman–Crippen LogP) is 0.850. The maximum atomic E-state index is 12.1. The summed E-state index contributed by atoms with van der Waals surface area (Å²) in [5.74, 6) is 1.08. The van der Waals surface area contributed by atoms with Crippen LogP contribution >= 0.6 is 0 Å². The lowest BCUT2D eigenvalue weighted by atomic mass is 10.4. The molecule has 0 radical (unpaired) electrons. The van der Waals surface area contributed by atoms with Crippen LogP contribution in [0.3, 0.4) is 0 Å². The third-order valence-electron chi connectivity index (χ3n) is 2.58. The van der Waals surface area contributed by atoms with Crippen molar-refractivity contribution in [1.82, 2.24) is 8.87 Å². The molecule has 1 heterocycles. The number of rotatable bonds is 6. The highest BCUT2D eigenvalue weighted by Crippen LogP contribution is 2.18. The van der Waals surface area contributed by atoms with Crippen LogP contribution in [0.15, 0.2) is 17.2 Å². The molecule has 0 spiro atoms. The van der Waals surface area contributed by atoms with Crippen LogP contribution in [0.4, 0.5) is 0 Å². The fraction of sp³-hybridized carbons (Fsp3) is 0.417. The topological polar surface area (TPSA) is 79.6 Å². The Morgan fingerprint density at radius 2 is 2.21 bits per heavy atom. The maximum absolute atomic E-state index is 12.1. The largest absolute Gasteiger partial charge is 0.477 e. The van der Waals surface area contributed by atoms with Gasteiger partial charge in [-0.1, -0.05) is 12.8 Å². The first kappa shape index (κ1) is 15.3. The summed E-state index contributed by atoms with van der Waals surface area (Å²) in [4.78, 5) is 11.0. The lowest BCUT2D eigenvalue weighted by Crippen LogP contribution is -2.26. The molecular formula is C12H16N2O4S. The molecular weight excluding hydrogens is 268 g/mol. The number of carboxylic acids is 1. The average Bonchev–Trinajstić information content (AvgIpc) is 2.74. The molecule has 0 saturated carbocycles. The number of carbonyl (C=O) groups is 1. The number of hydrogen-bond acceptors (Lipinski definition) is 3. The highest BCUT2D eigenvalue weighted by Gasteiger charge is 2.24. The number of aromatic nitrogens is 1. The molecule has 0 aliphatic carbocycles. The molecule has 0 aliphatic rings. The minimum Gasteiger partial charge on any atom is -0.477 e. The van der Waals surface area contributed by atoms with Crippen molar-refractivity contribution in [2.45, 2.75) is 24.8 Å². The fourth-order valence-electron chi connectivity index (χ4n) is 1.62. The van der Waals surface area contributed by atoms with Gasteiger partial charge < -0.3 is 9.67 Å². The van der Waals surface area contributed by atoms with Crippen molar-refractivity contribution < 1.29 is 18.3 Å². The molecule has 1 aromatic heterocycles. The molecule has 6 nitrogen and oxygen atoms in total. The van der Waals surface area contributed by atoms with Crippen LogP contribution in [-0.4, -0.2) is 42.0 Å². The van der Waals surface area contributed by atoms with Crippen molar-refractivity contribution in [3.05, 3.63) is 18.0 Å². The van der Waals surface area contributed by atoms with Crippen LogP contribution in [-0.2, 0) is 16.6 Å². The van der Waals surface area contributed by atoms with E-state index in [2.05, 4.69) is 5.92 Å². The maximum Gasteiger partial charge on any atom is 0.352 e. The van der Waals surface area contributed by atoms with Crippen molar-refractivity contribution in [2.75, 3.05) is 13.6 Å². The van der Waals surface area contributed by atoms with E-state index in [-0.39, 0.29) is 17.1 Å². The molecule has 0 atom stereocenters. The molecule has 104 valence electrons. The number of aromatic carboxylic acids is 1. The zero-order valence-electron chi connectivity index (χ0n) is 10.8. The normalized spacial score (nSPS) is 11.5. The van der Waals surface area contributed by atoms with Crippen LogP contribution in [0.25, 0.3) is 0 Å². The van der Waals surface area contributed by atoms with Gasteiger partial charge in [-0.15, -0.1) is 6.42 Å². The lowest BCUT2D eigenvalue weighted by molar-refractivity contribution is 0.0685. The molecule has 0 saturated heterocycles. The molecule has 0 unspecified atom stereocenters. The van der Waals surface area contributed by atoms with Crippen LogP contribution < -0.4 is 0 Å². The van der Waals surface area contributed by atoms with E-state index >= 15 is 0 Å². The van der Waals surface area contributed by atoms with Crippen LogP contribution in [0.5, 0.6) is 0 Å². The predicted molar refractivity (Wildman–Crippen MR) is 70.3 cm³/mol. The number of aryl methyl sites for hydroxylation is 1. The minimum atomic E-state index is -3.75. The minimum absolute atomic E-state index is 0.0467. The number of hydrogen-bond donors (Lipinski definition) is 1. The summed E-state index contributed by atoms with van der Waals surface area (Å²) in [6, 6.07) is 1.15. The lowest BCUT2D eigenvalue weighted by Gasteiger charge is -2.12. The van der Waals surface area contributed by atoms with Gasteiger partial charge in [-0.2, -0.15) is 4.31 Å². The Hall–Kier alpha value is -1.78. The third kappa shape index (κ3) is 3.16. The van der Waals surface area contributed by atoms with Crippen LogP contribution in [0, 0.1) is 12.3 Å². The smallest absolute Gasteiger partial charge is 0.352 e. The van der Waals surface area contributed by atoms with Crippen molar-refractivity contribution >= 4 is 16.0 Å². The van der Waals surface area contributed by atoms with Crippen molar-refractivity contribution in [1.29, 1.82) is 0 Å². The van der Waals surface area contributed by atoms with Gasteiger partial charge in [-0.25, -0.2) is 13.2 Å². The van der Waals surface area contributed by atoms with E-state index in [4.69, 9.17) is 11.5 Å². The van der Waals surface area contributed by atoms with Crippen molar-refractivity contribution in [3.8, 4) is 12.3 Å². The van der Waals surface area contributed by atoms with Gasteiger partial charge in [0.25, 0.3) is 0 Å².